The molecule has 11 heteroatoms. The van der Waals surface area contributed by atoms with E-state index in [-0.39, 0.29) is 11.5 Å². The molecule has 8 nitrogen and oxygen atoms in total. The standard InChI is InChI=1S/C29H31F3N6O2/c1-36-17-23(26(39)18-36)35-27(40)28(21-5-7-22(34-16-21)25-4-3-11-37(25)2)9-12-38(13-10-28)24-8-6-20(29(30,31)32)14-19(24)15-33/h3-8,11,14,16,23,26,39H,9-10,12-13,17-18H2,1-2H3,(H,35,40)/t23-,26-/m1/s1. The molecule has 2 N–H and O–H groups in total. The molecule has 0 saturated carbocycles. The summed E-state index contributed by atoms with van der Waals surface area (Å²) in [5.74, 6) is -0.215. The first kappa shape index (κ1) is 27.7. The molecule has 0 bridgehead atoms. The van der Waals surface area contributed by atoms with Crippen molar-refractivity contribution in [1.82, 2.24) is 19.8 Å². The summed E-state index contributed by atoms with van der Waals surface area (Å²) in [4.78, 5) is 22.4. The van der Waals surface area contributed by atoms with Gasteiger partial charge in [0.1, 0.15) is 6.07 Å². The smallest absolute Gasteiger partial charge is 0.390 e. The number of aliphatic hydroxyl groups is 1. The van der Waals surface area contributed by atoms with Crippen molar-refractivity contribution in [3.8, 4) is 17.5 Å². The van der Waals surface area contributed by atoms with Gasteiger partial charge in [-0.05, 0) is 61.9 Å². The van der Waals surface area contributed by atoms with Gasteiger partial charge < -0.3 is 24.8 Å². The van der Waals surface area contributed by atoms with Crippen LogP contribution in [0.5, 0.6) is 0 Å². The number of rotatable bonds is 5. The molecule has 2 aliphatic heterocycles. The quantitative estimate of drug-likeness (QED) is 0.504. The van der Waals surface area contributed by atoms with Crippen LogP contribution in [-0.2, 0) is 23.4 Å². The molecule has 4 heterocycles. The minimum absolute atomic E-state index is 0.0579. The van der Waals surface area contributed by atoms with Crippen molar-refractivity contribution in [2.45, 2.75) is 36.6 Å². The monoisotopic (exact) mass is 552 g/mol. The number of likely N-dealkylation sites (tertiary alicyclic amines) is 1. The van der Waals surface area contributed by atoms with Crippen molar-refractivity contribution in [2.24, 2.45) is 7.05 Å². The second kappa shape index (κ2) is 10.6. The van der Waals surface area contributed by atoms with E-state index in [2.05, 4.69) is 10.3 Å². The van der Waals surface area contributed by atoms with Gasteiger partial charge in [-0.2, -0.15) is 18.4 Å². The summed E-state index contributed by atoms with van der Waals surface area (Å²) in [5, 5.41) is 23.1. The van der Waals surface area contributed by atoms with Gasteiger partial charge >= 0.3 is 6.18 Å². The Morgan fingerprint density at radius 3 is 2.45 bits per heavy atom. The molecule has 40 heavy (non-hydrogen) atoms. The van der Waals surface area contributed by atoms with E-state index in [1.165, 1.54) is 6.07 Å². The van der Waals surface area contributed by atoms with Crippen LogP contribution in [0.4, 0.5) is 18.9 Å². The number of carbonyl (C=O) groups is 1. The Kier molecular flexibility index (Phi) is 7.33. The number of aromatic nitrogens is 2. The fourth-order valence-electron chi connectivity index (χ4n) is 5.84. The summed E-state index contributed by atoms with van der Waals surface area (Å²) in [6.07, 6.45) is -0.877. The van der Waals surface area contributed by atoms with Gasteiger partial charge in [-0.1, -0.05) is 6.07 Å². The Morgan fingerprint density at radius 1 is 1.15 bits per heavy atom. The number of anilines is 1. The normalized spacial score (nSPS) is 21.3. The van der Waals surface area contributed by atoms with E-state index in [1.54, 1.807) is 6.20 Å². The van der Waals surface area contributed by atoms with Crippen molar-refractivity contribution in [3.63, 3.8) is 0 Å². The second-order valence-corrected chi connectivity index (χ2v) is 10.7. The number of hydrogen-bond acceptors (Lipinski definition) is 6. The summed E-state index contributed by atoms with van der Waals surface area (Å²) in [6, 6.07) is 12.3. The molecule has 2 fully saturated rings. The summed E-state index contributed by atoms with van der Waals surface area (Å²) in [5.41, 5.74) is 0.950. The minimum atomic E-state index is -4.54. The Morgan fingerprint density at radius 2 is 1.90 bits per heavy atom. The molecule has 1 aromatic carbocycles. The average molecular weight is 553 g/mol. The summed E-state index contributed by atoms with van der Waals surface area (Å²) in [6.45, 7) is 1.68. The minimum Gasteiger partial charge on any atom is -0.390 e. The van der Waals surface area contributed by atoms with E-state index in [0.29, 0.717) is 44.7 Å². The van der Waals surface area contributed by atoms with Crippen LogP contribution in [0.1, 0.15) is 29.5 Å². The lowest BCUT2D eigenvalue weighted by molar-refractivity contribution is -0.137. The zero-order valence-electron chi connectivity index (χ0n) is 22.3. The van der Waals surface area contributed by atoms with Crippen LogP contribution in [0.25, 0.3) is 11.4 Å². The van der Waals surface area contributed by atoms with Crippen molar-refractivity contribution in [1.29, 1.82) is 5.26 Å². The maximum Gasteiger partial charge on any atom is 0.416 e. The number of benzene rings is 1. The molecule has 2 aromatic heterocycles. The summed E-state index contributed by atoms with van der Waals surface area (Å²) >= 11 is 0. The zero-order valence-corrected chi connectivity index (χ0v) is 22.3. The SMILES string of the molecule is CN1C[C@@H](O)[C@H](NC(=O)C2(c3ccc(-c4cccn4C)nc3)CCN(c3ccc(C(F)(F)F)cc3C#N)CC2)C1. The third kappa shape index (κ3) is 5.17. The molecule has 2 atom stereocenters. The Hall–Kier alpha value is -3.88. The lowest BCUT2D eigenvalue weighted by Crippen LogP contribution is -2.55. The Bertz CT molecular complexity index is 1420. The fourth-order valence-corrected chi connectivity index (χ4v) is 5.84. The predicted molar refractivity (Wildman–Crippen MR) is 143 cm³/mol. The number of amides is 1. The number of nitrogens with zero attached hydrogens (tertiary/aromatic N) is 5. The molecule has 0 radical (unpaired) electrons. The number of β-amino-alcohol motifs (C(OH)–C–C–N with tert-alkyl or cyclic N) is 1. The number of carbonyl (C=O) groups excluding carboxylic acids is 1. The number of halogens is 3. The van der Waals surface area contributed by atoms with Crippen molar-refractivity contribution in [2.75, 3.05) is 38.1 Å². The fraction of sp³-hybridized carbons (Fsp3) is 0.414. The van der Waals surface area contributed by atoms with Gasteiger partial charge in [0.05, 0.1) is 45.8 Å². The molecule has 2 aliphatic rings. The average Bonchev–Trinajstić information content (AvgIpc) is 3.51. The number of piperidine rings is 1. The Balaban J connectivity index is 1.44. The molecule has 0 unspecified atom stereocenters. The number of aliphatic hydroxyl groups excluding tert-OH is 1. The van der Waals surface area contributed by atoms with E-state index < -0.39 is 29.3 Å². The number of nitriles is 1. The van der Waals surface area contributed by atoms with Gasteiger partial charge in [0.25, 0.3) is 0 Å². The number of nitrogens with one attached hydrogen (secondary N) is 1. The summed E-state index contributed by atoms with van der Waals surface area (Å²) in [7, 11) is 3.81. The van der Waals surface area contributed by atoms with Crippen LogP contribution >= 0.6 is 0 Å². The third-order valence-corrected chi connectivity index (χ3v) is 8.15. The van der Waals surface area contributed by atoms with Gasteiger partial charge in [-0.3, -0.25) is 9.78 Å². The van der Waals surface area contributed by atoms with Gasteiger partial charge in [0.2, 0.25) is 5.91 Å². The molecular formula is C29H31F3N6O2. The Labute approximate surface area is 230 Å². The highest BCUT2D eigenvalue weighted by Gasteiger charge is 2.45. The number of pyridine rings is 1. The molecule has 5 rings (SSSR count). The molecule has 3 aromatic rings. The van der Waals surface area contributed by atoms with Gasteiger partial charge in [-0.25, -0.2) is 0 Å². The molecular weight excluding hydrogens is 521 g/mol. The molecule has 2 saturated heterocycles. The lowest BCUT2D eigenvalue weighted by Gasteiger charge is -2.42. The first-order valence-corrected chi connectivity index (χ1v) is 13.1. The van der Waals surface area contributed by atoms with E-state index in [4.69, 9.17) is 0 Å². The number of hydrogen-bond donors (Lipinski definition) is 2. The highest BCUT2D eigenvalue weighted by Crippen LogP contribution is 2.40. The molecule has 210 valence electrons. The second-order valence-electron chi connectivity index (χ2n) is 10.7. The first-order valence-electron chi connectivity index (χ1n) is 13.1. The molecule has 1 amide bonds. The van der Waals surface area contributed by atoms with Crippen LogP contribution < -0.4 is 10.2 Å². The van der Waals surface area contributed by atoms with Crippen LogP contribution in [0, 0.1) is 11.3 Å². The number of aryl methyl sites for hydroxylation is 1. The maximum atomic E-state index is 13.9. The van der Waals surface area contributed by atoms with E-state index in [1.807, 2.05) is 65.0 Å². The van der Waals surface area contributed by atoms with Crippen LogP contribution in [0.3, 0.4) is 0 Å². The maximum absolute atomic E-state index is 13.9. The van der Waals surface area contributed by atoms with Crippen molar-refractivity contribution in [3.05, 3.63) is 71.5 Å². The van der Waals surface area contributed by atoms with Crippen LogP contribution in [0.15, 0.2) is 54.9 Å². The summed E-state index contributed by atoms with van der Waals surface area (Å²) < 4.78 is 41.6. The van der Waals surface area contributed by atoms with Crippen LogP contribution in [-0.4, -0.2) is 70.8 Å². The van der Waals surface area contributed by atoms with Crippen molar-refractivity contribution < 1.29 is 23.1 Å². The highest BCUT2D eigenvalue weighted by atomic mass is 19.4. The third-order valence-electron chi connectivity index (χ3n) is 8.15. The topological polar surface area (TPSA) is 97.4 Å². The lowest BCUT2D eigenvalue weighted by atomic mass is 9.72. The van der Waals surface area contributed by atoms with E-state index in [0.717, 1.165) is 29.1 Å². The van der Waals surface area contributed by atoms with Crippen LogP contribution in [0.2, 0.25) is 0 Å². The van der Waals surface area contributed by atoms with Gasteiger partial charge in [0.15, 0.2) is 0 Å². The molecule has 0 aliphatic carbocycles. The number of likely N-dealkylation sites (N-methyl/N-ethyl adjacent to an activating group) is 1. The predicted octanol–water partition coefficient (Wildman–Crippen LogP) is 3.31. The van der Waals surface area contributed by atoms with Gasteiger partial charge in [0, 0.05) is 45.6 Å². The van der Waals surface area contributed by atoms with Crippen molar-refractivity contribution >= 4 is 11.6 Å². The number of alkyl halides is 3. The largest absolute Gasteiger partial charge is 0.416 e. The molecule has 0 spiro atoms. The highest BCUT2D eigenvalue weighted by molar-refractivity contribution is 5.89. The van der Waals surface area contributed by atoms with E-state index in [9.17, 15) is 28.3 Å². The van der Waals surface area contributed by atoms with Gasteiger partial charge in [-0.15, -0.1) is 0 Å². The zero-order chi connectivity index (χ0) is 28.7. The first-order chi connectivity index (χ1) is 19.0. The van der Waals surface area contributed by atoms with E-state index >= 15 is 0 Å².